The summed E-state index contributed by atoms with van der Waals surface area (Å²) in [4.78, 5) is 33.0. The third kappa shape index (κ3) is 3.07. The number of amidine groups is 1. The first kappa shape index (κ1) is 17.3. The molecule has 3 heterocycles. The van der Waals surface area contributed by atoms with Crippen LogP contribution in [0.5, 0.6) is 0 Å². The summed E-state index contributed by atoms with van der Waals surface area (Å²) < 4.78 is 6.93. The number of rotatable bonds is 4. The number of carbonyl (C=O) groups excluding carboxylic acids is 2. The Hall–Kier alpha value is -3.16. The van der Waals surface area contributed by atoms with Crippen molar-refractivity contribution in [2.75, 3.05) is 24.5 Å². The Morgan fingerprint density at radius 3 is 2.78 bits per heavy atom. The van der Waals surface area contributed by atoms with Crippen LogP contribution in [0.3, 0.4) is 0 Å². The van der Waals surface area contributed by atoms with E-state index in [1.54, 1.807) is 29.6 Å². The Balaban J connectivity index is 1.81. The molecule has 2 aliphatic heterocycles. The van der Waals surface area contributed by atoms with Crippen LogP contribution >= 0.6 is 0 Å². The van der Waals surface area contributed by atoms with Crippen molar-refractivity contribution in [2.45, 2.75) is 26.4 Å². The minimum Gasteiger partial charge on any atom is -0.462 e. The monoisotopic (exact) mass is 367 g/mol. The standard InChI is InChI=1S/C19H21N5O3/c1-13(2)27-16(25)12-23-18-15(17-20-9-6-10-22(17)19(23)26)11-21-24(18)14-7-4-3-5-8-14/h3-5,7-8,11,13H,6,9-10,12H2,1-2H3. The highest BCUT2D eigenvalue weighted by atomic mass is 16.5. The molecular formula is C19H21N5O3. The van der Waals surface area contributed by atoms with E-state index in [2.05, 4.69) is 10.1 Å². The molecule has 8 heteroatoms. The highest BCUT2D eigenvalue weighted by Gasteiger charge is 2.40. The van der Waals surface area contributed by atoms with E-state index in [1.807, 2.05) is 30.3 Å². The van der Waals surface area contributed by atoms with Gasteiger partial charge in [0.15, 0.2) is 5.82 Å². The van der Waals surface area contributed by atoms with Crippen molar-refractivity contribution in [1.29, 1.82) is 0 Å². The number of anilines is 1. The second-order valence-corrected chi connectivity index (χ2v) is 6.75. The summed E-state index contributed by atoms with van der Waals surface area (Å²) in [6.45, 7) is 4.64. The number of benzene rings is 1. The molecular weight excluding hydrogens is 346 g/mol. The summed E-state index contributed by atoms with van der Waals surface area (Å²) in [6, 6.07) is 9.23. The van der Waals surface area contributed by atoms with Gasteiger partial charge in [0.2, 0.25) is 0 Å². The van der Waals surface area contributed by atoms with Crippen LogP contribution in [0.15, 0.2) is 41.5 Å². The lowest BCUT2D eigenvalue weighted by Gasteiger charge is -2.37. The summed E-state index contributed by atoms with van der Waals surface area (Å²) in [5.41, 5.74) is 1.55. The topological polar surface area (TPSA) is 80.0 Å². The Morgan fingerprint density at radius 2 is 2.04 bits per heavy atom. The number of esters is 1. The van der Waals surface area contributed by atoms with Crippen LogP contribution in [0.2, 0.25) is 0 Å². The normalized spacial score (nSPS) is 16.1. The van der Waals surface area contributed by atoms with E-state index in [0.29, 0.717) is 24.7 Å². The molecule has 27 heavy (non-hydrogen) atoms. The minimum atomic E-state index is -0.456. The van der Waals surface area contributed by atoms with Crippen molar-refractivity contribution in [3.8, 4) is 5.69 Å². The Morgan fingerprint density at radius 1 is 1.26 bits per heavy atom. The average Bonchev–Trinajstić information content (AvgIpc) is 3.10. The van der Waals surface area contributed by atoms with E-state index in [-0.39, 0.29) is 18.7 Å². The largest absolute Gasteiger partial charge is 0.462 e. The summed E-state index contributed by atoms with van der Waals surface area (Å²) >= 11 is 0. The van der Waals surface area contributed by atoms with Gasteiger partial charge < -0.3 is 4.74 Å². The lowest BCUT2D eigenvalue weighted by atomic mass is 10.1. The predicted molar refractivity (Wildman–Crippen MR) is 100 cm³/mol. The van der Waals surface area contributed by atoms with Gasteiger partial charge in [-0.05, 0) is 32.4 Å². The Kier molecular flexibility index (Phi) is 4.39. The first-order valence-corrected chi connectivity index (χ1v) is 9.03. The summed E-state index contributed by atoms with van der Waals surface area (Å²) in [5, 5.41) is 4.48. The molecule has 0 saturated carbocycles. The minimum absolute atomic E-state index is 0.174. The van der Waals surface area contributed by atoms with Crippen LogP contribution in [-0.2, 0) is 9.53 Å². The van der Waals surface area contributed by atoms with Gasteiger partial charge in [0, 0.05) is 13.1 Å². The third-order valence-corrected chi connectivity index (χ3v) is 4.41. The van der Waals surface area contributed by atoms with Gasteiger partial charge in [-0.3, -0.25) is 19.6 Å². The van der Waals surface area contributed by atoms with Gasteiger partial charge in [-0.1, -0.05) is 18.2 Å². The number of fused-ring (bicyclic) bond motifs is 3. The van der Waals surface area contributed by atoms with E-state index in [4.69, 9.17) is 4.74 Å². The van der Waals surface area contributed by atoms with E-state index < -0.39 is 5.97 Å². The number of hydrogen-bond donors (Lipinski definition) is 0. The fraction of sp³-hybridized carbons (Fsp3) is 0.368. The molecule has 2 amide bonds. The smallest absolute Gasteiger partial charge is 0.331 e. The lowest BCUT2D eigenvalue weighted by Crippen LogP contribution is -2.54. The fourth-order valence-corrected chi connectivity index (χ4v) is 3.35. The maximum Gasteiger partial charge on any atom is 0.331 e. The molecule has 2 aliphatic rings. The molecule has 0 aliphatic carbocycles. The van der Waals surface area contributed by atoms with Gasteiger partial charge in [0.1, 0.15) is 12.4 Å². The number of para-hydroxylation sites is 1. The summed E-state index contributed by atoms with van der Waals surface area (Å²) in [5.74, 6) is 0.711. The van der Waals surface area contributed by atoms with Crippen LogP contribution in [0.1, 0.15) is 25.8 Å². The second-order valence-electron chi connectivity index (χ2n) is 6.75. The van der Waals surface area contributed by atoms with Gasteiger partial charge in [-0.25, -0.2) is 9.48 Å². The van der Waals surface area contributed by atoms with Crippen molar-refractivity contribution in [2.24, 2.45) is 4.99 Å². The number of carbonyl (C=O) groups is 2. The van der Waals surface area contributed by atoms with Crippen molar-refractivity contribution >= 4 is 23.7 Å². The van der Waals surface area contributed by atoms with Crippen LogP contribution in [0.25, 0.3) is 5.69 Å². The predicted octanol–water partition coefficient (Wildman–Crippen LogP) is 2.22. The molecule has 1 aromatic carbocycles. The fourth-order valence-electron chi connectivity index (χ4n) is 3.35. The number of urea groups is 1. The molecule has 0 spiro atoms. The van der Waals surface area contributed by atoms with Gasteiger partial charge in [-0.2, -0.15) is 5.10 Å². The molecule has 0 radical (unpaired) electrons. The molecule has 0 atom stereocenters. The van der Waals surface area contributed by atoms with Crippen LogP contribution in [0, 0.1) is 0 Å². The number of ether oxygens (including phenoxy) is 1. The molecule has 0 fully saturated rings. The third-order valence-electron chi connectivity index (χ3n) is 4.41. The van der Waals surface area contributed by atoms with Crippen LogP contribution in [0.4, 0.5) is 10.6 Å². The maximum atomic E-state index is 13.1. The number of hydrogen-bond acceptors (Lipinski definition) is 5. The molecule has 0 saturated heterocycles. The molecule has 0 unspecified atom stereocenters. The molecule has 2 aromatic rings. The van der Waals surface area contributed by atoms with Gasteiger partial charge >= 0.3 is 12.0 Å². The first-order chi connectivity index (χ1) is 13.1. The summed E-state index contributed by atoms with van der Waals surface area (Å²) in [6.07, 6.45) is 2.25. The molecule has 8 nitrogen and oxygen atoms in total. The van der Waals surface area contributed by atoms with Crippen molar-refractivity contribution in [3.05, 3.63) is 42.1 Å². The highest BCUT2D eigenvalue weighted by molar-refractivity contribution is 6.19. The summed E-state index contributed by atoms with van der Waals surface area (Å²) in [7, 11) is 0. The van der Waals surface area contributed by atoms with Gasteiger partial charge in [0.05, 0.1) is 23.6 Å². The molecule has 4 rings (SSSR count). The SMILES string of the molecule is CC(C)OC(=O)CN1C(=O)N2CCCN=C2c2cnn(-c3ccccc3)c21. The van der Waals surface area contributed by atoms with Crippen LogP contribution < -0.4 is 4.90 Å². The highest BCUT2D eigenvalue weighted by Crippen LogP contribution is 2.32. The number of aromatic nitrogens is 2. The van der Waals surface area contributed by atoms with Crippen LogP contribution in [-0.4, -0.2) is 58.3 Å². The molecule has 140 valence electrons. The van der Waals surface area contributed by atoms with Crippen molar-refractivity contribution < 1.29 is 14.3 Å². The van der Waals surface area contributed by atoms with E-state index in [9.17, 15) is 9.59 Å². The van der Waals surface area contributed by atoms with Gasteiger partial charge in [0.25, 0.3) is 0 Å². The Bertz CT molecular complexity index is 903. The number of nitrogens with zero attached hydrogens (tertiary/aromatic N) is 5. The Labute approximate surface area is 157 Å². The molecule has 0 bridgehead atoms. The average molecular weight is 367 g/mol. The zero-order valence-corrected chi connectivity index (χ0v) is 15.3. The van der Waals surface area contributed by atoms with Crippen molar-refractivity contribution in [3.63, 3.8) is 0 Å². The number of amides is 2. The first-order valence-electron chi connectivity index (χ1n) is 9.03. The van der Waals surface area contributed by atoms with Gasteiger partial charge in [-0.15, -0.1) is 0 Å². The van der Waals surface area contributed by atoms with Crippen molar-refractivity contribution in [1.82, 2.24) is 14.7 Å². The lowest BCUT2D eigenvalue weighted by molar-refractivity contribution is -0.145. The quantitative estimate of drug-likeness (QED) is 0.776. The molecule has 1 aromatic heterocycles. The zero-order valence-electron chi connectivity index (χ0n) is 15.3. The van der Waals surface area contributed by atoms with E-state index >= 15 is 0 Å². The second kappa shape index (κ2) is 6.86. The zero-order chi connectivity index (χ0) is 19.0. The maximum absolute atomic E-state index is 13.1. The van der Waals surface area contributed by atoms with E-state index in [0.717, 1.165) is 17.7 Å². The van der Waals surface area contributed by atoms with E-state index in [1.165, 1.54) is 4.90 Å². The number of aliphatic imine (C=N–C) groups is 1. The molecule has 0 N–H and O–H groups in total.